The van der Waals surface area contributed by atoms with Crippen LogP contribution in [-0.4, -0.2) is 27.0 Å². The van der Waals surface area contributed by atoms with E-state index >= 15 is 0 Å². The number of aromatic nitrogens is 2. The molecule has 0 bridgehead atoms. The molecule has 0 radical (unpaired) electrons. The van der Waals surface area contributed by atoms with Crippen molar-refractivity contribution in [1.82, 2.24) is 20.4 Å². The van der Waals surface area contributed by atoms with E-state index in [9.17, 15) is 9.59 Å². The first-order valence-corrected chi connectivity index (χ1v) is 10.7. The first kappa shape index (κ1) is 21.2. The highest BCUT2D eigenvalue weighted by Crippen LogP contribution is 2.32. The van der Waals surface area contributed by atoms with Gasteiger partial charge in [0, 0.05) is 4.47 Å². The monoisotopic (exact) mass is 482 g/mol. The molecule has 8 heteroatoms. The second-order valence-corrected chi connectivity index (χ2v) is 9.61. The summed E-state index contributed by atoms with van der Waals surface area (Å²) in [6, 6.07) is 14.7. The molecule has 1 aromatic heterocycles. The fourth-order valence-electron chi connectivity index (χ4n) is 3.54. The molecular formula is C23H23BrN4O3. The van der Waals surface area contributed by atoms with E-state index in [4.69, 9.17) is 4.42 Å². The van der Waals surface area contributed by atoms with Crippen molar-refractivity contribution in [2.45, 2.75) is 45.2 Å². The van der Waals surface area contributed by atoms with E-state index < -0.39 is 11.6 Å². The number of imide groups is 1. The Hall–Kier alpha value is -3.00. The van der Waals surface area contributed by atoms with Gasteiger partial charge in [0.2, 0.25) is 11.8 Å². The van der Waals surface area contributed by atoms with Crippen LogP contribution in [0.5, 0.6) is 0 Å². The van der Waals surface area contributed by atoms with Gasteiger partial charge in [0.1, 0.15) is 12.1 Å². The number of carbonyl (C=O) groups excluding carboxylic acids is 2. The van der Waals surface area contributed by atoms with E-state index in [0.717, 1.165) is 26.1 Å². The summed E-state index contributed by atoms with van der Waals surface area (Å²) in [7, 11) is 0. The number of hydrogen-bond acceptors (Lipinski definition) is 5. The van der Waals surface area contributed by atoms with Crippen LogP contribution in [-0.2, 0) is 22.3 Å². The van der Waals surface area contributed by atoms with Gasteiger partial charge in [-0.1, -0.05) is 57.2 Å². The van der Waals surface area contributed by atoms with Crippen LogP contribution in [0.4, 0.5) is 4.79 Å². The second-order valence-electron chi connectivity index (χ2n) is 8.75. The zero-order chi connectivity index (χ0) is 22.4. The van der Waals surface area contributed by atoms with Gasteiger partial charge in [0.25, 0.3) is 5.91 Å². The molecule has 7 nitrogen and oxygen atoms in total. The molecule has 1 unspecified atom stereocenters. The summed E-state index contributed by atoms with van der Waals surface area (Å²) in [5.41, 5.74) is 1.46. The average Bonchev–Trinajstić information content (AvgIpc) is 3.27. The van der Waals surface area contributed by atoms with Crippen molar-refractivity contribution in [3.05, 3.63) is 70.0 Å². The van der Waals surface area contributed by atoms with Gasteiger partial charge in [-0.3, -0.25) is 9.69 Å². The maximum Gasteiger partial charge on any atom is 0.325 e. The number of urea groups is 1. The van der Waals surface area contributed by atoms with Crippen LogP contribution in [0.2, 0.25) is 0 Å². The third kappa shape index (κ3) is 3.87. The first-order valence-electron chi connectivity index (χ1n) is 9.92. The van der Waals surface area contributed by atoms with E-state index in [-0.39, 0.29) is 23.8 Å². The van der Waals surface area contributed by atoms with Gasteiger partial charge in [-0.2, -0.15) is 0 Å². The summed E-state index contributed by atoms with van der Waals surface area (Å²) in [6.07, 6.45) is 0. The Labute approximate surface area is 189 Å². The average molecular weight is 483 g/mol. The van der Waals surface area contributed by atoms with Crippen LogP contribution in [0.1, 0.15) is 44.7 Å². The topological polar surface area (TPSA) is 88.3 Å². The summed E-state index contributed by atoms with van der Waals surface area (Å²) < 4.78 is 6.52. The van der Waals surface area contributed by atoms with Crippen molar-refractivity contribution in [3.8, 4) is 11.5 Å². The molecule has 0 aliphatic carbocycles. The summed E-state index contributed by atoms with van der Waals surface area (Å²) in [4.78, 5) is 26.9. The van der Waals surface area contributed by atoms with Crippen LogP contribution in [0.25, 0.3) is 11.5 Å². The third-order valence-electron chi connectivity index (χ3n) is 5.47. The lowest BCUT2D eigenvalue weighted by Gasteiger charge is -2.24. The SMILES string of the molecule is CC(C)(C)c1ccc(C2(C)NC(=O)N(Cc3nnc(-c4ccccc4Br)o3)C2=O)cc1. The van der Waals surface area contributed by atoms with Crippen LogP contribution < -0.4 is 5.32 Å². The molecule has 1 saturated heterocycles. The summed E-state index contributed by atoms with van der Waals surface area (Å²) in [5.74, 6) is 0.137. The molecule has 160 valence electrons. The van der Waals surface area contributed by atoms with Crippen molar-refractivity contribution >= 4 is 27.9 Å². The van der Waals surface area contributed by atoms with Gasteiger partial charge in [0.15, 0.2) is 0 Å². The van der Waals surface area contributed by atoms with Crippen molar-refractivity contribution in [3.63, 3.8) is 0 Å². The van der Waals surface area contributed by atoms with E-state index in [2.05, 4.69) is 52.2 Å². The smallest absolute Gasteiger partial charge is 0.325 e. The number of rotatable bonds is 4. The minimum Gasteiger partial charge on any atom is -0.419 e. The van der Waals surface area contributed by atoms with Crippen molar-refractivity contribution < 1.29 is 14.0 Å². The van der Waals surface area contributed by atoms with E-state index in [1.165, 1.54) is 0 Å². The van der Waals surface area contributed by atoms with E-state index in [0.29, 0.717) is 5.89 Å². The Morgan fingerprint density at radius 2 is 1.74 bits per heavy atom. The highest BCUT2D eigenvalue weighted by Gasteiger charge is 2.49. The molecule has 3 amide bonds. The lowest BCUT2D eigenvalue weighted by molar-refractivity contribution is -0.131. The zero-order valence-electron chi connectivity index (χ0n) is 17.8. The highest BCUT2D eigenvalue weighted by atomic mass is 79.9. The predicted molar refractivity (Wildman–Crippen MR) is 119 cm³/mol. The standard InChI is InChI=1S/C23H23BrN4O3/c1-22(2,3)14-9-11-15(12-10-14)23(4)20(29)28(21(30)25-23)13-18-26-27-19(31-18)16-7-5-6-8-17(16)24/h5-12H,13H2,1-4H3,(H,25,30). The predicted octanol–water partition coefficient (Wildman–Crippen LogP) is 4.76. The number of carbonyl (C=O) groups is 2. The Kier molecular flexibility index (Phi) is 5.21. The molecule has 1 N–H and O–H groups in total. The number of amides is 3. The summed E-state index contributed by atoms with van der Waals surface area (Å²) in [6.45, 7) is 7.99. The normalized spacial score (nSPS) is 19.1. The molecule has 31 heavy (non-hydrogen) atoms. The molecule has 2 aromatic carbocycles. The van der Waals surface area contributed by atoms with Crippen molar-refractivity contribution in [2.75, 3.05) is 0 Å². The Morgan fingerprint density at radius 3 is 2.39 bits per heavy atom. The van der Waals surface area contributed by atoms with Crippen molar-refractivity contribution in [1.29, 1.82) is 0 Å². The molecule has 4 rings (SSSR count). The number of hydrogen-bond donors (Lipinski definition) is 1. The number of halogens is 1. The van der Waals surface area contributed by atoms with Crippen LogP contribution in [0.15, 0.2) is 57.4 Å². The molecule has 2 heterocycles. The Balaban J connectivity index is 1.56. The van der Waals surface area contributed by atoms with E-state index in [1.807, 2.05) is 48.5 Å². The lowest BCUT2D eigenvalue weighted by atomic mass is 9.84. The summed E-state index contributed by atoms with van der Waals surface area (Å²) in [5, 5.41) is 10.9. The zero-order valence-corrected chi connectivity index (χ0v) is 19.4. The number of nitrogens with one attached hydrogen (secondary N) is 1. The minimum absolute atomic E-state index is 0.00217. The fourth-order valence-corrected chi connectivity index (χ4v) is 3.99. The van der Waals surface area contributed by atoms with Crippen LogP contribution in [0, 0.1) is 0 Å². The molecule has 1 aliphatic rings. The Morgan fingerprint density at radius 1 is 1.06 bits per heavy atom. The maximum atomic E-state index is 13.2. The molecular weight excluding hydrogens is 460 g/mol. The maximum absolute atomic E-state index is 13.2. The van der Waals surface area contributed by atoms with E-state index in [1.54, 1.807) is 6.92 Å². The number of nitrogens with zero attached hydrogens (tertiary/aromatic N) is 3. The van der Waals surface area contributed by atoms with Crippen LogP contribution in [0.3, 0.4) is 0 Å². The minimum atomic E-state index is -1.15. The molecule has 1 fully saturated rings. The van der Waals surface area contributed by atoms with Gasteiger partial charge in [-0.15, -0.1) is 10.2 Å². The third-order valence-corrected chi connectivity index (χ3v) is 6.16. The number of benzene rings is 2. The van der Waals surface area contributed by atoms with Gasteiger partial charge < -0.3 is 9.73 Å². The Bertz CT molecular complexity index is 1150. The summed E-state index contributed by atoms with van der Waals surface area (Å²) >= 11 is 3.45. The van der Waals surface area contributed by atoms with Crippen LogP contribution >= 0.6 is 15.9 Å². The molecule has 0 spiro atoms. The second kappa shape index (κ2) is 7.60. The van der Waals surface area contributed by atoms with Gasteiger partial charge >= 0.3 is 6.03 Å². The lowest BCUT2D eigenvalue weighted by Crippen LogP contribution is -2.40. The molecule has 3 aromatic rings. The van der Waals surface area contributed by atoms with Gasteiger partial charge in [-0.25, -0.2) is 4.79 Å². The largest absolute Gasteiger partial charge is 0.419 e. The van der Waals surface area contributed by atoms with Gasteiger partial charge in [-0.05, 0) is 51.5 Å². The van der Waals surface area contributed by atoms with Crippen molar-refractivity contribution in [2.24, 2.45) is 0 Å². The molecule has 1 atom stereocenters. The first-order chi connectivity index (χ1) is 14.6. The highest BCUT2D eigenvalue weighted by molar-refractivity contribution is 9.10. The quantitative estimate of drug-likeness (QED) is 0.541. The fraction of sp³-hybridized carbons (Fsp3) is 0.304. The molecule has 1 aliphatic heterocycles. The van der Waals surface area contributed by atoms with Gasteiger partial charge in [0.05, 0.1) is 5.56 Å². The molecule has 0 saturated carbocycles.